The Morgan fingerprint density at radius 3 is 2.58 bits per heavy atom. The first-order valence-corrected chi connectivity index (χ1v) is 8.03. The van der Waals surface area contributed by atoms with Gasteiger partial charge in [0.05, 0.1) is 7.11 Å². The number of halogens is 1. The summed E-state index contributed by atoms with van der Waals surface area (Å²) in [6, 6.07) is 10.6. The highest BCUT2D eigenvalue weighted by molar-refractivity contribution is 6.05. The van der Waals surface area contributed by atoms with Gasteiger partial charge in [-0.2, -0.15) is 0 Å². The van der Waals surface area contributed by atoms with Crippen molar-refractivity contribution in [1.29, 1.82) is 0 Å². The molecule has 134 valence electrons. The van der Waals surface area contributed by atoms with Crippen LogP contribution in [0.15, 0.2) is 55.1 Å². The van der Waals surface area contributed by atoms with Crippen LogP contribution in [0.25, 0.3) is 0 Å². The van der Waals surface area contributed by atoms with E-state index in [2.05, 4.69) is 6.58 Å². The number of hydrogen-bond acceptors (Lipinski definition) is 3. The predicted octanol–water partition coefficient (Wildman–Crippen LogP) is 3.35. The van der Waals surface area contributed by atoms with Crippen LogP contribution in [-0.2, 0) is 16.9 Å². The maximum absolute atomic E-state index is 13.7. The van der Waals surface area contributed by atoms with E-state index in [-0.39, 0.29) is 24.1 Å². The molecule has 1 heterocycles. The molecule has 1 N–H and O–H groups in total. The molecule has 26 heavy (non-hydrogen) atoms. The fraction of sp³-hybridized carbons (Fsp3) is 0.200. The van der Waals surface area contributed by atoms with Gasteiger partial charge in [0.15, 0.2) is 5.54 Å². The van der Waals surface area contributed by atoms with Gasteiger partial charge in [0.1, 0.15) is 11.6 Å². The SMILES string of the molecule is C=CCC1(C(=O)O)c2ccc(F)cc2C(=O)N1Cc1ccc(OC)cc1. The van der Waals surface area contributed by atoms with E-state index in [1.165, 1.54) is 23.1 Å². The van der Waals surface area contributed by atoms with Crippen LogP contribution in [-0.4, -0.2) is 29.0 Å². The van der Waals surface area contributed by atoms with Gasteiger partial charge in [-0.1, -0.05) is 24.3 Å². The first-order valence-electron chi connectivity index (χ1n) is 8.03. The van der Waals surface area contributed by atoms with E-state index < -0.39 is 23.2 Å². The van der Waals surface area contributed by atoms with Crippen LogP contribution in [0, 0.1) is 5.82 Å². The van der Waals surface area contributed by atoms with E-state index >= 15 is 0 Å². The van der Waals surface area contributed by atoms with Crippen molar-refractivity contribution in [3.05, 3.63) is 77.6 Å². The minimum absolute atomic E-state index is 0.0167. The number of ether oxygens (including phenoxy) is 1. The minimum atomic E-state index is -1.61. The number of benzene rings is 2. The van der Waals surface area contributed by atoms with Gasteiger partial charge in [0.25, 0.3) is 5.91 Å². The normalized spacial score (nSPS) is 18.5. The summed E-state index contributed by atoms with van der Waals surface area (Å²) in [5.41, 5.74) is -0.517. The highest BCUT2D eigenvalue weighted by Gasteiger charge is 2.54. The number of aliphatic carboxylic acids is 1. The Bertz CT molecular complexity index is 878. The molecule has 1 unspecified atom stereocenters. The van der Waals surface area contributed by atoms with Crippen LogP contribution in [0.1, 0.15) is 27.9 Å². The van der Waals surface area contributed by atoms with Crippen molar-refractivity contribution in [2.45, 2.75) is 18.5 Å². The first-order chi connectivity index (χ1) is 12.4. The van der Waals surface area contributed by atoms with E-state index in [0.717, 1.165) is 11.6 Å². The number of amides is 1. The zero-order valence-electron chi connectivity index (χ0n) is 14.2. The Hall–Kier alpha value is -3.15. The smallest absolute Gasteiger partial charge is 0.334 e. The molecule has 0 aromatic heterocycles. The quantitative estimate of drug-likeness (QED) is 0.807. The van der Waals surface area contributed by atoms with Gasteiger partial charge in [-0.3, -0.25) is 4.79 Å². The van der Waals surface area contributed by atoms with Crippen molar-refractivity contribution < 1.29 is 23.8 Å². The van der Waals surface area contributed by atoms with Crippen LogP contribution in [0.4, 0.5) is 4.39 Å². The summed E-state index contributed by atoms with van der Waals surface area (Å²) in [6.07, 6.45) is 1.48. The highest BCUT2D eigenvalue weighted by atomic mass is 19.1. The van der Waals surface area contributed by atoms with Crippen LogP contribution in [0.2, 0.25) is 0 Å². The molecule has 2 aromatic carbocycles. The average Bonchev–Trinajstić information content (AvgIpc) is 2.86. The number of rotatable bonds is 6. The number of methoxy groups -OCH3 is 1. The van der Waals surface area contributed by atoms with Crippen molar-refractivity contribution in [2.75, 3.05) is 7.11 Å². The Labute approximate surface area is 150 Å². The maximum Gasteiger partial charge on any atom is 0.334 e. The van der Waals surface area contributed by atoms with Gasteiger partial charge in [-0.05, 0) is 29.8 Å². The summed E-state index contributed by atoms with van der Waals surface area (Å²) < 4.78 is 18.8. The van der Waals surface area contributed by atoms with Gasteiger partial charge < -0.3 is 14.7 Å². The molecule has 0 saturated heterocycles. The van der Waals surface area contributed by atoms with Crippen LogP contribution in [0.5, 0.6) is 5.75 Å². The Kier molecular flexibility index (Phi) is 4.50. The molecule has 5 nitrogen and oxygen atoms in total. The highest BCUT2D eigenvalue weighted by Crippen LogP contribution is 2.43. The molecule has 1 aliphatic heterocycles. The monoisotopic (exact) mass is 355 g/mol. The number of carbonyl (C=O) groups excluding carboxylic acids is 1. The molecule has 3 rings (SSSR count). The van der Waals surface area contributed by atoms with Crippen LogP contribution >= 0.6 is 0 Å². The second-order valence-corrected chi connectivity index (χ2v) is 6.09. The molecule has 0 radical (unpaired) electrons. The summed E-state index contributed by atoms with van der Waals surface area (Å²) in [6.45, 7) is 3.71. The zero-order valence-corrected chi connectivity index (χ0v) is 14.2. The number of carboxylic acid groups (broad SMARTS) is 1. The fourth-order valence-electron chi connectivity index (χ4n) is 3.39. The molecule has 0 saturated carbocycles. The number of hydrogen-bond donors (Lipinski definition) is 1. The molecule has 6 heteroatoms. The summed E-state index contributed by atoms with van der Waals surface area (Å²) in [4.78, 5) is 26.4. The number of carboxylic acids is 1. The van der Waals surface area contributed by atoms with E-state index in [4.69, 9.17) is 4.74 Å². The summed E-state index contributed by atoms with van der Waals surface area (Å²) in [5.74, 6) is -1.62. The van der Waals surface area contributed by atoms with Gasteiger partial charge in [0.2, 0.25) is 0 Å². The van der Waals surface area contributed by atoms with Crippen molar-refractivity contribution in [2.24, 2.45) is 0 Å². The largest absolute Gasteiger partial charge is 0.497 e. The molecule has 0 fully saturated rings. The van der Waals surface area contributed by atoms with E-state index in [9.17, 15) is 19.1 Å². The van der Waals surface area contributed by atoms with E-state index in [0.29, 0.717) is 5.75 Å². The van der Waals surface area contributed by atoms with Crippen molar-refractivity contribution in [1.82, 2.24) is 4.90 Å². The third-order valence-electron chi connectivity index (χ3n) is 4.66. The summed E-state index contributed by atoms with van der Waals surface area (Å²) in [7, 11) is 1.55. The third-order valence-corrected chi connectivity index (χ3v) is 4.66. The first kappa shape index (κ1) is 17.7. The van der Waals surface area contributed by atoms with Crippen molar-refractivity contribution in [3.8, 4) is 5.75 Å². The van der Waals surface area contributed by atoms with Crippen LogP contribution < -0.4 is 4.74 Å². The predicted molar refractivity (Wildman–Crippen MR) is 93.4 cm³/mol. The molecular formula is C20H18FNO4. The molecule has 0 aliphatic carbocycles. The standard InChI is InChI=1S/C20H18FNO4/c1-3-10-20(19(24)25)17-9-6-14(21)11-16(17)18(23)22(20)12-13-4-7-15(26-2)8-5-13/h3-9,11H,1,10,12H2,2H3,(H,24,25). The number of nitrogens with zero attached hydrogens (tertiary/aromatic N) is 1. The van der Waals surface area contributed by atoms with Gasteiger partial charge in [0, 0.05) is 24.1 Å². The molecule has 2 aromatic rings. The molecule has 1 atom stereocenters. The average molecular weight is 355 g/mol. The molecule has 0 spiro atoms. The lowest BCUT2D eigenvalue weighted by Gasteiger charge is -2.35. The lowest BCUT2D eigenvalue weighted by molar-refractivity contribution is -0.150. The van der Waals surface area contributed by atoms with Gasteiger partial charge >= 0.3 is 5.97 Å². The minimum Gasteiger partial charge on any atom is -0.497 e. The Morgan fingerprint density at radius 2 is 2.00 bits per heavy atom. The van der Waals surface area contributed by atoms with E-state index in [1.54, 1.807) is 31.4 Å². The van der Waals surface area contributed by atoms with E-state index in [1.807, 2.05) is 0 Å². The second kappa shape index (κ2) is 6.63. The second-order valence-electron chi connectivity index (χ2n) is 6.09. The third kappa shape index (κ3) is 2.63. The summed E-state index contributed by atoms with van der Waals surface area (Å²) >= 11 is 0. The molecule has 1 aliphatic rings. The summed E-state index contributed by atoms with van der Waals surface area (Å²) in [5, 5.41) is 10.0. The Morgan fingerprint density at radius 1 is 1.31 bits per heavy atom. The topological polar surface area (TPSA) is 66.8 Å². The zero-order chi connectivity index (χ0) is 18.9. The van der Waals surface area contributed by atoms with Gasteiger partial charge in [-0.25, -0.2) is 9.18 Å². The van der Waals surface area contributed by atoms with Crippen molar-refractivity contribution >= 4 is 11.9 Å². The lowest BCUT2D eigenvalue weighted by Crippen LogP contribution is -2.49. The van der Waals surface area contributed by atoms with Gasteiger partial charge in [-0.15, -0.1) is 6.58 Å². The lowest BCUT2D eigenvalue weighted by atomic mass is 9.86. The number of fused-ring (bicyclic) bond motifs is 1. The maximum atomic E-state index is 13.7. The Balaban J connectivity index is 2.10. The fourth-order valence-corrected chi connectivity index (χ4v) is 3.39. The van der Waals surface area contributed by atoms with Crippen molar-refractivity contribution in [3.63, 3.8) is 0 Å². The van der Waals surface area contributed by atoms with Crippen LogP contribution in [0.3, 0.4) is 0 Å². The number of carbonyl (C=O) groups is 2. The molecule has 0 bridgehead atoms. The molecular weight excluding hydrogens is 337 g/mol. The molecule has 1 amide bonds.